The number of carboxylic acid groups (broad SMARTS) is 1. The number of methoxy groups -OCH3 is 1. The molecule has 0 unspecified atom stereocenters. The molecule has 0 spiro atoms. The van der Waals surface area contributed by atoms with Crippen LogP contribution in [0.1, 0.15) is 26.3 Å². The number of carboxylic acids is 1. The Labute approximate surface area is 154 Å². The van der Waals surface area contributed by atoms with Gasteiger partial charge >= 0.3 is 11.9 Å². The number of rotatable bonds is 4. The molecule has 0 amide bonds. The summed E-state index contributed by atoms with van der Waals surface area (Å²) in [5, 5.41) is 8.78. The first-order valence-corrected chi connectivity index (χ1v) is 8.04. The van der Waals surface area contributed by atoms with Gasteiger partial charge in [0.05, 0.1) is 18.2 Å². The quantitative estimate of drug-likeness (QED) is 0.846. The molecule has 2 aromatic rings. The van der Waals surface area contributed by atoms with Crippen molar-refractivity contribution in [3.8, 4) is 0 Å². The van der Waals surface area contributed by atoms with Crippen molar-refractivity contribution >= 4 is 23.3 Å². The lowest BCUT2D eigenvalue weighted by molar-refractivity contribution is 0.0599. The normalized spacial score (nSPS) is 9.62. The van der Waals surface area contributed by atoms with E-state index in [0.29, 0.717) is 11.1 Å². The summed E-state index contributed by atoms with van der Waals surface area (Å²) in [6.45, 7) is 1.80. The molecule has 0 aliphatic carbocycles. The minimum Gasteiger partial charge on any atom is -0.478 e. The zero-order chi connectivity index (χ0) is 19.9. The third-order valence-electron chi connectivity index (χ3n) is 3.76. The number of hydrogen-bond acceptors (Lipinski definition) is 5. The van der Waals surface area contributed by atoms with Crippen molar-refractivity contribution in [2.24, 2.45) is 0 Å². The summed E-state index contributed by atoms with van der Waals surface area (Å²) in [6, 6.07) is 12.6. The van der Waals surface area contributed by atoms with E-state index >= 15 is 0 Å². The molecule has 0 heterocycles. The number of carbonyl (C=O) groups is 2. The number of carbonyl (C=O) groups excluding carboxylic acids is 1. The van der Waals surface area contributed by atoms with Gasteiger partial charge in [-0.3, -0.25) is 0 Å². The highest BCUT2D eigenvalue weighted by molar-refractivity contribution is 5.90. The van der Waals surface area contributed by atoms with Crippen molar-refractivity contribution < 1.29 is 19.4 Å². The van der Waals surface area contributed by atoms with Crippen LogP contribution in [-0.4, -0.2) is 52.3 Å². The van der Waals surface area contributed by atoms with Crippen molar-refractivity contribution in [1.82, 2.24) is 0 Å². The lowest BCUT2D eigenvalue weighted by Gasteiger charge is -2.13. The van der Waals surface area contributed by atoms with Gasteiger partial charge in [-0.05, 0) is 55.0 Å². The highest BCUT2D eigenvalue weighted by Gasteiger charge is 2.07. The molecule has 2 rings (SSSR count). The van der Waals surface area contributed by atoms with Gasteiger partial charge in [0.2, 0.25) is 0 Å². The number of benzene rings is 2. The Hall–Kier alpha value is -3.02. The number of aryl methyl sites for hydroxylation is 1. The zero-order valence-corrected chi connectivity index (χ0v) is 16.1. The molecule has 140 valence electrons. The maximum atomic E-state index is 11.1. The van der Waals surface area contributed by atoms with E-state index in [2.05, 4.69) is 4.74 Å². The second-order valence-electron chi connectivity index (χ2n) is 6.13. The molecule has 0 aliphatic rings. The van der Waals surface area contributed by atoms with Gasteiger partial charge in [-0.1, -0.05) is 0 Å². The van der Waals surface area contributed by atoms with Gasteiger partial charge in [-0.25, -0.2) is 9.59 Å². The average Bonchev–Trinajstić information content (AvgIpc) is 2.61. The van der Waals surface area contributed by atoms with Crippen LogP contribution in [0.4, 0.5) is 11.4 Å². The third-order valence-corrected chi connectivity index (χ3v) is 3.76. The van der Waals surface area contributed by atoms with E-state index in [-0.39, 0.29) is 5.97 Å². The van der Waals surface area contributed by atoms with E-state index in [9.17, 15) is 9.59 Å². The molecule has 0 fully saturated rings. The molecule has 6 nitrogen and oxygen atoms in total. The van der Waals surface area contributed by atoms with Crippen molar-refractivity contribution in [3.05, 3.63) is 59.2 Å². The van der Waals surface area contributed by atoms with Gasteiger partial charge < -0.3 is 19.6 Å². The molecule has 0 bridgehead atoms. The first-order chi connectivity index (χ1) is 12.2. The largest absolute Gasteiger partial charge is 0.478 e. The van der Waals surface area contributed by atoms with E-state index in [1.54, 1.807) is 31.2 Å². The molecule has 0 saturated carbocycles. The van der Waals surface area contributed by atoms with Gasteiger partial charge in [0.25, 0.3) is 0 Å². The smallest absolute Gasteiger partial charge is 0.337 e. The van der Waals surface area contributed by atoms with E-state index in [0.717, 1.165) is 16.9 Å². The van der Waals surface area contributed by atoms with E-state index in [1.807, 2.05) is 56.2 Å². The fraction of sp³-hybridized carbons (Fsp3) is 0.300. The first kappa shape index (κ1) is 21.0. The fourth-order valence-electron chi connectivity index (χ4n) is 2.18. The number of hydrogen-bond donors (Lipinski definition) is 1. The third kappa shape index (κ3) is 5.81. The van der Waals surface area contributed by atoms with Gasteiger partial charge in [0, 0.05) is 39.6 Å². The predicted molar refractivity (Wildman–Crippen MR) is 105 cm³/mol. The van der Waals surface area contributed by atoms with Crippen LogP contribution in [0.2, 0.25) is 0 Å². The lowest BCUT2D eigenvalue weighted by Crippen LogP contribution is -2.09. The number of nitrogens with zero attached hydrogens (tertiary/aromatic N) is 2. The molecule has 6 heteroatoms. The molecular formula is C20H26N2O4. The minimum absolute atomic E-state index is 0.301. The van der Waals surface area contributed by atoms with Gasteiger partial charge in [0.15, 0.2) is 0 Å². The number of aromatic carboxylic acids is 1. The van der Waals surface area contributed by atoms with Gasteiger partial charge in [-0.2, -0.15) is 0 Å². The fourth-order valence-corrected chi connectivity index (χ4v) is 2.18. The van der Waals surface area contributed by atoms with Crippen molar-refractivity contribution in [2.75, 3.05) is 45.1 Å². The topological polar surface area (TPSA) is 70.1 Å². The van der Waals surface area contributed by atoms with Crippen LogP contribution in [0.15, 0.2) is 42.5 Å². The van der Waals surface area contributed by atoms with E-state index in [1.165, 1.54) is 7.11 Å². The summed E-state index contributed by atoms with van der Waals surface area (Å²) < 4.78 is 4.58. The molecule has 0 aliphatic heterocycles. The van der Waals surface area contributed by atoms with Crippen LogP contribution in [0.3, 0.4) is 0 Å². The Morgan fingerprint density at radius 2 is 1.38 bits per heavy atom. The SMILES string of the molecule is COC(=O)c1ccc(N(C)C)cc1.Cc1cc(N(C)C)ccc1C(=O)O. The Balaban J connectivity index is 0.000000260. The minimum atomic E-state index is -0.872. The molecular weight excluding hydrogens is 332 g/mol. The summed E-state index contributed by atoms with van der Waals surface area (Å²) in [4.78, 5) is 25.7. The van der Waals surface area contributed by atoms with Crippen LogP contribution in [-0.2, 0) is 4.74 Å². The monoisotopic (exact) mass is 358 g/mol. The van der Waals surface area contributed by atoms with Crippen molar-refractivity contribution in [1.29, 1.82) is 0 Å². The Kier molecular flexibility index (Phi) is 7.65. The van der Waals surface area contributed by atoms with Crippen molar-refractivity contribution in [2.45, 2.75) is 6.92 Å². The van der Waals surface area contributed by atoms with Crippen LogP contribution < -0.4 is 9.80 Å². The highest BCUT2D eigenvalue weighted by atomic mass is 16.5. The molecule has 0 aromatic heterocycles. The summed E-state index contributed by atoms with van der Waals surface area (Å²) in [5.74, 6) is -1.17. The van der Waals surface area contributed by atoms with Crippen LogP contribution in [0.5, 0.6) is 0 Å². The second-order valence-corrected chi connectivity index (χ2v) is 6.13. The molecule has 2 aromatic carbocycles. The second kappa shape index (κ2) is 9.46. The summed E-state index contributed by atoms with van der Waals surface area (Å²) in [7, 11) is 9.13. The standard InChI is InChI=1S/2C10H13NO2/c1-11(2)9-6-4-8(5-7-9)10(12)13-3;1-7-6-8(11(2)3)4-5-9(7)10(12)13/h4-7H,1-3H3;4-6H,1-3H3,(H,12,13). The zero-order valence-electron chi connectivity index (χ0n) is 16.1. The summed E-state index contributed by atoms with van der Waals surface area (Å²) in [6.07, 6.45) is 0. The molecule has 0 atom stereocenters. The maximum Gasteiger partial charge on any atom is 0.337 e. The summed E-state index contributed by atoms with van der Waals surface area (Å²) >= 11 is 0. The maximum absolute atomic E-state index is 11.1. The van der Waals surface area contributed by atoms with Gasteiger partial charge in [0.1, 0.15) is 0 Å². The predicted octanol–water partition coefficient (Wildman–Crippen LogP) is 3.30. The Morgan fingerprint density at radius 1 is 0.885 bits per heavy atom. The molecule has 0 saturated heterocycles. The van der Waals surface area contributed by atoms with Crippen LogP contribution in [0.25, 0.3) is 0 Å². The highest BCUT2D eigenvalue weighted by Crippen LogP contribution is 2.17. The van der Waals surface area contributed by atoms with E-state index in [4.69, 9.17) is 5.11 Å². The summed E-state index contributed by atoms with van der Waals surface area (Å²) in [5.41, 5.74) is 3.81. The first-order valence-electron chi connectivity index (χ1n) is 8.04. The van der Waals surface area contributed by atoms with Crippen LogP contribution in [0, 0.1) is 6.92 Å². The Bertz CT molecular complexity index is 753. The number of esters is 1. The molecule has 1 N–H and O–H groups in total. The lowest BCUT2D eigenvalue weighted by atomic mass is 10.1. The van der Waals surface area contributed by atoms with Crippen molar-refractivity contribution in [3.63, 3.8) is 0 Å². The average molecular weight is 358 g/mol. The number of anilines is 2. The number of ether oxygens (including phenoxy) is 1. The van der Waals surface area contributed by atoms with E-state index < -0.39 is 5.97 Å². The van der Waals surface area contributed by atoms with Gasteiger partial charge in [-0.15, -0.1) is 0 Å². The molecule has 0 radical (unpaired) electrons. The molecule has 26 heavy (non-hydrogen) atoms. The Morgan fingerprint density at radius 3 is 1.77 bits per heavy atom. The van der Waals surface area contributed by atoms with Crippen LogP contribution >= 0.6 is 0 Å².